The highest BCUT2D eigenvalue weighted by molar-refractivity contribution is 7.92. The molecule has 2 heterocycles. The molecular weight excluding hydrogens is 473 g/mol. The lowest BCUT2D eigenvalue weighted by Gasteiger charge is -2.32. The van der Waals surface area contributed by atoms with Gasteiger partial charge in [-0.05, 0) is 37.1 Å². The zero-order valence-corrected chi connectivity index (χ0v) is 18.5. The lowest BCUT2D eigenvalue weighted by Crippen LogP contribution is -2.43. The van der Waals surface area contributed by atoms with Gasteiger partial charge in [-0.3, -0.25) is 14.8 Å². The van der Waals surface area contributed by atoms with Crippen LogP contribution in [-0.2, 0) is 14.8 Å². The largest absolute Gasteiger partial charge is 0.408 e. The van der Waals surface area contributed by atoms with Crippen molar-refractivity contribution in [1.82, 2.24) is 20.3 Å². The van der Waals surface area contributed by atoms with E-state index >= 15 is 0 Å². The Labute approximate surface area is 192 Å². The molecule has 1 saturated carbocycles. The number of anilines is 2. The number of rotatable bonds is 8. The van der Waals surface area contributed by atoms with Crippen LogP contribution in [0.4, 0.5) is 24.7 Å². The van der Waals surface area contributed by atoms with E-state index in [0.29, 0.717) is 12.8 Å². The van der Waals surface area contributed by atoms with Crippen LogP contribution in [0.2, 0.25) is 0 Å². The highest BCUT2D eigenvalue weighted by Gasteiger charge is 2.44. The van der Waals surface area contributed by atoms with E-state index in [-0.39, 0.29) is 39.2 Å². The van der Waals surface area contributed by atoms with E-state index in [1.807, 2.05) is 0 Å². The van der Waals surface area contributed by atoms with Crippen molar-refractivity contribution in [3.05, 3.63) is 54.9 Å². The molecule has 1 aliphatic rings. The summed E-state index contributed by atoms with van der Waals surface area (Å²) in [5.74, 6) is -0.771. The van der Waals surface area contributed by atoms with Crippen molar-refractivity contribution < 1.29 is 26.4 Å². The van der Waals surface area contributed by atoms with Crippen LogP contribution < -0.4 is 15.4 Å². The zero-order valence-electron chi connectivity index (χ0n) is 17.7. The Morgan fingerprint density at radius 3 is 2.71 bits per heavy atom. The molecule has 34 heavy (non-hydrogen) atoms. The van der Waals surface area contributed by atoms with Gasteiger partial charge in [-0.15, -0.1) is 0 Å². The number of hydrogen-bond acceptors (Lipinski definition) is 6. The second-order valence-electron chi connectivity index (χ2n) is 7.79. The summed E-state index contributed by atoms with van der Waals surface area (Å²) in [5.41, 5.74) is 0.0486. The molecule has 1 unspecified atom stereocenters. The number of alkyl halides is 3. The molecular formula is C21H21F3N6O3S. The second kappa shape index (κ2) is 9.06. The standard InChI is InChI=1S/C21H21F3N6O3S/c1-2-17(31)27-13-7-4-8-14(9-13)34(32,33)30-16-11-26-20-18(29-16)15(10-25-20)19(21(22,23)24)28-12-5-3-6-12/h2,4,7-12,19,28H,1,3,5-6H2,(H,25,26)(H,27,31)(H,29,30). The van der Waals surface area contributed by atoms with Gasteiger partial charge < -0.3 is 10.3 Å². The lowest BCUT2D eigenvalue weighted by atomic mass is 9.91. The van der Waals surface area contributed by atoms with Gasteiger partial charge >= 0.3 is 6.18 Å². The molecule has 0 saturated heterocycles. The molecule has 0 bridgehead atoms. The van der Waals surface area contributed by atoms with Gasteiger partial charge in [-0.1, -0.05) is 19.1 Å². The van der Waals surface area contributed by atoms with Gasteiger partial charge in [-0.2, -0.15) is 13.2 Å². The molecule has 9 nitrogen and oxygen atoms in total. The van der Waals surface area contributed by atoms with E-state index in [1.54, 1.807) is 0 Å². The highest BCUT2D eigenvalue weighted by Crippen LogP contribution is 2.37. The monoisotopic (exact) mass is 494 g/mol. The van der Waals surface area contributed by atoms with Crippen molar-refractivity contribution in [3.8, 4) is 0 Å². The second-order valence-corrected chi connectivity index (χ2v) is 9.47. The quantitative estimate of drug-likeness (QED) is 0.354. The molecule has 4 N–H and O–H groups in total. The number of aromatic amines is 1. The minimum atomic E-state index is -4.59. The van der Waals surface area contributed by atoms with Gasteiger partial charge in [0.25, 0.3) is 10.0 Å². The number of amides is 1. The third kappa shape index (κ3) is 5.04. The predicted octanol–water partition coefficient (Wildman–Crippen LogP) is 3.63. The molecule has 1 atom stereocenters. The SMILES string of the molecule is C=CC(=O)Nc1cccc(S(=O)(=O)Nc2cnc3[nH]cc(C(NC4CCC4)C(F)(F)F)c3n2)c1. The molecule has 13 heteroatoms. The Hall–Kier alpha value is -3.45. The highest BCUT2D eigenvalue weighted by atomic mass is 32.2. The van der Waals surface area contributed by atoms with Crippen molar-refractivity contribution in [2.75, 3.05) is 10.0 Å². The third-order valence-corrected chi connectivity index (χ3v) is 6.74. The molecule has 3 aromatic rings. The first kappa shape index (κ1) is 23.7. The fourth-order valence-corrected chi connectivity index (χ4v) is 4.51. The minimum absolute atomic E-state index is 0.0942. The number of H-pyrrole nitrogens is 1. The van der Waals surface area contributed by atoms with Crippen LogP contribution in [0, 0.1) is 0 Å². The summed E-state index contributed by atoms with van der Waals surface area (Å²) in [6, 6.07) is 3.21. The number of carbonyl (C=O) groups excluding carboxylic acids is 1. The van der Waals surface area contributed by atoms with Gasteiger partial charge in [0.2, 0.25) is 5.91 Å². The number of carbonyl (C=O) groups is 1. The molecule has 0 spiro atoms. The molecule has 0 radical (unpaired) electrons. The number of sulfonamides is 1. The van der Waals surface area contributed by atoms with E-state index in [0.717, 1.165) is 18.7 Å². The van der Waals surface area contributed by atoms with Crippen molar-refractivity contribution in [3.63, 3.8) is 0 Å². The number of hydrogen-bond donors (Lipinski definition) is 4. The summed E-state index contributed by atoms with van der Waals surface area (Å²) in [6.07, 6.45) is 0.894. The van der Waals surface area contributed by atoms with Crippen LogP contribution in [0.5, 0.6) is 0 Å². The summed E-state index contributed by atoms with van der Waals surface area (Å²) >= 11 is 0. The van der Waals surface area contributed by atoms with E-state index < -0.39 is 28.1 Å². The first-order valence-electron chi connectivity index (χ1n) is 10.3. The number of nitrogens with one attached hydrogen (secondary N) is 4. The third-order valence-electron chi connectivity index (χ3n) is 5.39. The molecule has 1 fully saturated rings. The van der Waals surface area contributed by atoms with Gasteiger partial charge in [0.1, 0.15) is 11.6 Å². The molecule has 180 valence electrons. The maximum atomic E-state index is 13.8. The van der Waals surface area contributed by atoms with E-state index in [2.05, 4.69) is 36.9 Å². The van der Waals surface area contributed by atoms with Crippen LogP contribution in [-0.4, -0.2) is 41.5 Å². The van der Waals surface area contributed by atoms with Gasteiger partial charge in [0.05, 0.1) is 11.1 Å². The molecule has 1 aromatic carbocycles. The fraction of sp³-hybridized carbons (Fsp3) is 0.286. The number of halogens is 3. The first-order chi connectivity index (χ1) is 16.1. The Kier molecular flexibility index (Phi) is 6.32. The maximum Gasteiger partial charge on any atom is 0.408 e. The molecule has 4 rings (SSSR count). The summed E-state index contributed by atoms with van der Waals surface area (Å²) in [4.78, 5) is 22.1. The van der Waals surface area contributed by atoms with Crippen LogP contribution in [0.15, 0.2) is 54.2 Å². The lowest BCUT2D eigenvalue weighted by molar-refractivity contribution is -0.160. The Balaban J connectivity index is 1.63. The van der Waals surface area contributed by atoms with Crippen LogP contribution in [0.25, 0.3) is 11.2 Å². The summed E-state index contributed by atoms with van der Waals surface area (Å²) in [5, 5.41) is 5.07. The smallest absolute Gasteiger partial charge is 0.344 e. The van der Waals surface area contributed by atoms with Crippen molar-refractivity contribution >= 4 is 38.6 Å². The van der Waals surface area contributed by atoms with Crippen molar-refractivity contribution in [1.29, 1.82) is 0 Å². The van der Waals surface area contributed by atoms with Gasteiger partial charge in [0.15, 0.2) is 11.5 Å². The van der Waals surface area contributed by atoms with Crippen molar-refractivity contribution in [2.45, 2.75) is 42.4 Å². The van der Waals surface area contributed by atoms with Gasteiger partial charge in [0, 0.05) is 23.5 Å². The fourth-order valence-electron chi connectivity index (χ4n) is 3.48. The Bertz CT molecular complexity index is 1340. The predicted molar refractivity (Wildman–Crippen MR) is 120 cm³/mol. The minimum Gasteiger partial charge on any atom is -0.344 e. The van der Waals surface area contributed by atoms with E-state index in [4.69, 9.17) is 0 Å². The van der Waals surface area contributed by atoms with E-state index in [1.165, 1.54) is 30.5 Å². The number of aromatic nitrogens is 3. The average molecular weight is 494 g/mol. The normalized spacial score (nSPS) is 15.5. The van der Waals surface area contributed by atoms with Crippen LogP contribution in [0.1, 0.15) is 30.9 Å². The van der Waals surface area contributed by atoms with Crippen LogP contribution >= 0.6 is 0 Å². The summed E-state index contributed by atoms with van der Waals surface area (Å²) < 4.78 is 69.3. The zero-order chi connectivity index (χ0) is 24.5. The molecule has 2 aromatic heterocycles. The summed E-state index contributed by atoms with van der Waals surface area (Å²) in [6.45, 7) is 3.33. The number of benzene rings is 1. The Morgan fingerprint density at radius 2 is 2.06 bits per heavy atom. The average Bonchev–Trinajstić information content (AvgIpc) is 3.14. The summed E-state index contributed by atoms with van der Waals surface area (Å²) in [7, 11) is -4.18. The molecule has 1 aliphatic carbocycles. The maximum absolute atomic E-state index is 13.8. The number of fused-ring (bicyclic) bond motifs is 1. The molecule has 1 amide bonds. The Morgan fingerprint density at radius 1 is 1.29 bits per heavy atom. The number of nitrogens with zero attached hydrogens (tertiary/aromatic N) is 2. The van der Waals surface area contributed by atoms with Crippen LogP contribution in [0.3, 0.4) is 0 Å². The molecule has 0 aliphatic heterocycles. The topological polar surface area (TPSA) is 129 Å². The van der Waals surface area contributed by atoms with Crippen molar-refractivity contribution in [2.24, 2.45) is 0 Å². The van der Waals surface area contributed by atoms with E-state index in [9.17, 15) is 26.4 Å². The first-order valence-corrected chi connectivity index (χ1v) is 11.8. The van der Waals surface area contributed by atoms with Gasteiger partial charge in [-0.25, -0.2) is 18.4 Å².